The van der Waals surface area contributed by atoms with Crippen LogP contribution in [0.15, 0.2) is 48.5 Å². The van der Waals surface area contributed by atoms with Gasteiger partial charge in [0, 0.05) is 10.6 Å². The lowest BCUT2D eigenvalue weighted by Crippen LogP contribution is -2.08. The van der Waals surface area contributed by atoms with E-state index in [1.807, 2.05) is 0 Å². The van der Waals surface area contributed by atoms with E-state index in [0.717, 1.165) is 62.7 Å². The topological polar surface area (TPSA) is 36.9 Å². The van der Waals surface area contributed by atoms with Crippen molar-refractivity contribution in [1.82, 2.24) is 0 Å². The van der Waals surface area contributed by atoms with E-state index in [4.69, 9.17) is 18.1 Å². The van der Waals surface area contributed by atoms with Gasteiger partial charge in [0.1, 0.15) is 0 Å². The van der Waals surface area contributed by atoms with Gasteiger partial charge in [-0.15, -0.1) is 0 Å². The first-order valence-corrected chi connectivity index (χ1v) is 19.4. The molecule has 0 aromatic heterocycles. The van der Waals surface area contributed by atoms with Gasteiger partial charge in [0.2, 0.25) is 16.8 Å². The molecule has 0 unspecified atom stereocenters. The number of rotatable bonds is 27. The van der Waals surface area contributed by atoms with Crippen LogP contribution >= 0.6 is 16.8 Å². The first kappa shape index (κ1) is 37.3. The van der Waals surface area contributed by atoms with Crippen molar-refractivity contribution in [3.8, 4) is 11.1 Å². The summed E-state index contributed by atoms with van der Waals surface area (Å²) >= 11 is 0. The van der Waals surface area contributed by atoms with E-state index in [9.17, 15) is 0 Å². The second-order valence-electron chi connectivity index (χ2n) is 11.2. The molecule has 0 aliphatic heterocycles. The summed E-state index contributed by atoms with van der Waals surface area (Å²) in [6, 6.07) is 17.6. The molecule has 0 heterocycles. The van der Waals surface area contributed by atoms with Gasteiger partial charge in [-0.05, 0) is 61.1 Å². The second-order valence-corrected chi connectivity index (χ2v) is 14.3. The van der Waals surface area contributed by atoms with E-state index >= 15 is 0 Å². The molecule has 4 nitrogen and oxygen atoms in total. The highest BCUT2D eigenvalue weighted by Gasteiger charge is 2.16. The zero-order valence-corrected chi connectivity index (χ0v) is 29.1. The van der Waals surface area contributed by atoms with E-state index in [2.05, 4.69) is 76.2 Å². The third-order valence-corrected chi connectivity index (χ3v) is 10.4. The quantitative estimate of drug-likeness (QED) is 0.0737. The Hall–Kier alpha value is -0.860. The Bertz CT molecular complexity index is 773. The highest BCUT2D eigenvalue weighted by atomic mass is 31.2. The molecule has 0 radical (unpaired) electrons. The van der Waals surface area contributed by atoms with Crippen LogP contribution in [0.4, 0.5) is 0 Å². The molecule has 6 heteroatoms. The molecule has 2 aromatic rings. The van der Waals surface area contributed by atoms with Crippen LogP contribution in [0.3, 0.4) is 0 Å². The predicted octanol–water partition coefficient (Wildman–Crippen LogP) is 11.6. The largest absolute Gasteiger partial charge is 0.331 e. The van der Waals surface area contributed by atoms with Crippen LogP contribution in [0.25, 0.3) is 11.1 Å². The highest BCUT2D eigenvalue weighted by Crippen LogP contribution is 2.40. The van der Waals surface area contributed by atoms with Gasteiger partial charge in [0.25, 0.3) is 0 Å². The van der Waals surface area contributed by atoms with E-state index in [1.54, 1.807) is 0 Å². The number of hydrogen-bond acceptors (Lipinski definition) is 4. The lowest BCUT2D eigenvalue weighted by molar-refractivity contribution is 0.246. The van der Waals surface area contributed by atoms with Crippen LogP contribution in [0.5, 0.6) is 0 Å². The molecule has 0 saturated carbocycles. The molecule has 0 aliphatic rings. The van der Waals surface area contributed by atoms with Crippen LogP contribution in [-0.2, 0) is 18.1 Å². The van der Waals surface area contributed by atoms with Crippen LogP contribution in [0, 0.1) is 0 Å². The zero-order valence-electron chi connectivity index (χ0n) is 27.3. The van der Waals surface area contributed by atoms with Crippen molar-refractivity contribution in [2.24, 2.45) is 0 Å². The fourth-order valence-corrected chi connectivity index (χ4v) is 7.34. The summed E-state index contributed by atoms with van der Waals surface area (Å²) in [7, 11) is -2.09. The minimum Gasteiger partial charge on any atom is -0.331 e. The van der Waals surface area contributed by atoms with E-state index < -0.39 is 16.8 Å². The molecular formula is C36H60O4P2. The summed E-state index contributed by atoms with van der Waals surface area (Å²) in [5, 5.41) is 2.32. The van der Waals surface area contributed by atoms with Crippen molar-refractivity contribution in [3.05, 3.63) is 48.5 Å². The average Bonchev–Trinajstić information content (AvgIpc) is 3.02. The van der Waals surface area contributed by atoms with E-state index in [-0.39, 0.29) is 0 Å². The zero-order chi connectivity index (χ0) is 30.1. The molecule has 0 saturated heterocycles. The molecule has 238 valence electrons. The molecule has 0 N–H and O–H groups in total. The molecule has 0 amide bonds. The van der Waals surface area contributed by atoms with Crippen molar-refractivity contribution in [3.63, 3.8) is 0 Å². The maximum Gasteiger partial charge on any atom is 0.205 e. The molecule has 2 rings (SSSR count). The lowest BCUT2D eigenvalue weighted by Gasteiger charge is -2.19. The maximum absolute atomic E-state index is 6.29. The smallest absolute Gasteiger partial charge is 0.205 e. The normalized spacial score (nSPS) is 11.7. The van der Waals surface area contributed by atoms with Gasteiger partial charge in [-0.3, -0.25) is 0 Å². The molecule has 0 fully saturated rings. The maximum atomic E-state index is 6.29. The Morgan fingerprint density at radius 3 is 0.857 bits per heavy atom. The Kier molecular flexibility index (Phi) is 22.6. The van der Waals surface area contributed by atoms with Crippen molar-refractivity contribution in [1.29, 1.82) is 0 Å². The molecule has 0 bridgehead atoms. The minimum absolute atomic E-state index is 0.772. The number of unbranched alkanes of at least 4 members (excludes halogenated alkanes) is 12. The third kappa shape index (κ3) is 16.3. The van der Waals surface area contributed by atoms with Crippen LogP contribution in [0.2, 0.25) is 0 Å². The second kappa shape index (κ2) is 25.5. The molecule has 0 atom stereocenters. The molecule has 2 aromatic carbocycles. The van der Waals surface area contributed by atoms with Crippen LogP contribution < -0.4 is 10.6 Å². The van der Waals surface area contributed by atoms with Gasteiger partial charge in [0.05, 0.1) is 26.4 Å². The van der Waals surface area contributed by atoms with Crippen molar-refractivity contribution < 1.29 is 18.1 Å². The standard InChI is InChI=1S/C36H60O4P2/c1-5-9-13-17-29-37-41(38-30-18-14-10-6-2)35-25-21-33(22-26-35)34-23-27-36(28-24-34)42(39-31-19-15-11-7-3)40-32-20-16-12-8-4/h21-28H,5-20,29-32H2,1-4H3. The number of hydrogen-bond donors (Lipinski definition) is 0. The van der Waals surface area contributed by atoms with Gasteiger partial charge in [-0.2, -0.15) is 0 Å². The van der Waals surface area contributed by atoms with Gasteiger partial charge in [-0.1, -0.05) is 129 Å². The highest BCUT2D eigenvalue weighted by molar-refractivity contribution is 7.56. The van der Waals surface area contributed by atoms with Crippen molar-refractivity contribution in [2.75, 3.05) is 26.4 Å². The van der Waals surface area contributed by atoms with Crippen LogP contribution in [0.1, 0.15) is 130 Å². The summed E-state index contributed by atoms with van der Waals surface area (Å²) in [5.74, 6) is 0. The Balaban J connectivity index is 2.01. The summed E-state index contributed by atoms with van der Waals surface area (Å²) in [4.78, 5) is 0. The summed E-state index contributed by atoms with van der Waals surface area (Å²) in [5.41, 5.74) is 2.41. The van der Waals surface area contributed by atoms with E-state index in [0.29, 0.717) is 0 Å². The Labute approximate surface area is 261 Å². The summed E-state index contributed by atoms with van der Waals surface area (Å²) in [6.07, 6.45) is 19.3. The fourth-order valence-electron chi connectivity index (χ4n) is 4.63. The minimum atomic E-state index is -1.04. The predicted molar refractivity (Wildman–Crippen MR) is 185 cm³/mol. The SMILES string of the molecule is CCCCCCOP(OCCCCCC)c1ccc(-c2ccc(P(OCCCCCC)OCCCCCC)cc2)cc1. The van der Waals surface area contributed by atoms with Gasteiger partial charge >= 0.3 is 0 Å². The average molecular weight is 619 g/mol. The van der Waals surface area contributed by atoms with Crippen molar-refractivity contribution in [2.45, 2.75) is 130 Å². The first-order valence-electron chi connectivity index (χ1n) is 17.1. The molecule has 42 heavy (non-hydrogen) atoms. The molecule has 0 aliphatic carbocycles. The van der Waals surface area contributed by atoms with Crippen LogP contribution in [-0.4, -0.2) is 26.4 Å². The van der Waals surface area contributed by atoms with Gasteiger partial charge in [0.15, 0.2) is 0 Å². The molecule has 0 spiro atoms. The monoisotopic (exact) mass is 618 g/mol. The summed E-state index contributed by atoms with van der Waals surface area (Å²) in [6.45, 7) is 12.1. The molecular weight excluding hydrogens is 558 g/mol. The van der Waals surface area contributed by atoms with Crippen molar-refractivity contribution >= 4 is 27.4 Å². The summed E-state index contributed by atoms with van der Waals surface area (Å²) < 4.78 is 25.2. The first-order chi connectivity index (χ1) is 20.7. The van der Waals surface area contributed by atoms with Gasteiger partial charge < -0.3 is 18.1 Å². The third-order valence-electron chi connectivity index (χ3n) is 7.32. The van der Waals surface area contributed by atoms with Gasteiger partial charge in [-0.25, -0.2) is 0 Å². The Morgan fingerprint density at radius 2 is 0.619 bits per heavy atom. The lowest BCUT2D eigenvalue weighted by atomic mass is 10.1. The number of benzene rings is 2. The van der Waals surface area contributed by atoms with E-state index in [1.165, 1.54) is 88.2 Å². The Morgan fingerprint density at radius 1 is 0.357 bits per heavy atom. The fraction of sp³-hybridized carbons (Fsp3) is 0.667.